The Kier molecular flexibility index (Phi) is 8.29. The van der Waals surface area contributed by atoms with Gasteiger partial charge in [-0.3, -0.25) is 19.3 Å². The number of amides is 2. The fraction of sp³-hybridized carbons (Fsp3) is 0.333. The van der Waals surface area contributed by atoms with Gasteiger partial charge in [-0.05, 0) is 85.2 Å². The number of H-pyrrole nitrogens is 1. The van der Waals surface area contributed by atoms with E-state index in [9.17, 15) is 19.2 Å². The van der Waals surface area contributed by atoms with Gasteiger partial charge in [0.05, 0.1) is 41.8 Å². The Morgan fingerprint density at radius 1 is 0.959 bits per heavy atom. The summed E-state index contributed by atoms with van der Waals surface area (Å²) in [4.78, 5) is 58.2. The van der Waals surface area contributed by atoms with Gasteiger partial charge in [0.15, 0.2) is 11.5 Å². The highest BCUT2D eigenvalue weighted by Crippen LogP contribution is 2.68. The molecule has 1 saturated heterocycles. The van der Waals surface area contributed by atoms with Crippen molar-refractivity contribution < 1.29 is 28.6 Å². The van der Waals surface area contributed by atoms with Crippen LogP contribution in [0.4, 0.5) is 5.69 Å². The van der Waals surface area contributed by atoms with E-state index < -0.39 is 17.8 Å². The van der Waals surface area contributed by atoms with Crippen LogP contribution in [0.1, 0.15) is 45.6 Å². The lowest BCUT2D eigenvalue weighted by molar-refractivity contribution is -0.123. The van der Waals surface area contributed by atoms with Crippen molar-refractivity contribution in [2.75, 3.05) is 18.6 Å². The summed E-state index contributed by atoms with van der Waals surface area (Å²) < 4.78 is 17.0. The monoisotopic (exact) mass is 736 g/mol. The number of benzene rings is 3. The molecule has 2 amide bonds. The van der Waals surface area contributed by atoms with Gasteiger partial charge in [0, 0.05) is 31.7 Å². The predicted molar refractivity (Wildman–Crippen MR) is 187 cm³/mol. The normalized spacial score (nSPS) is 26.4. The third-order valence-electron chi connectivity index (χ3n) is 10.3. The average Bonchev–Trinajstić information content (AvgIpc) is 3.83. The van der Waals surface area contributed by atoms with Gasteiger partial charge in [0.2, 0.25) is 11.8 Å². The van der Waals surface area contributed by atoms with Crippen molar-refractivity contribution in [3.05, 3.63) is 102 Å². The molecular weight excluding hydrogens is 707 g/mol. The number of fused-ring (bicyclic) bond motifs is 9. The summed E-state index contributed by atoms with van der Waals surface area (Å²) in [7, 11) is 1.58. The second-order valence-electron chi connectivity index (χ2n) is 12.7. The van der Waals surface area contributed by atoms with E-state index in [0.717, 1.165) is 27.5 Å². The zero-order valence-electron chi connectivity index (χ0n) is 26.3. The largest absolute Gasteiger partial charge is 0.493 e. The molecule has 3 fully saturated rings. The third kappa shape index (κ3) is 5.28. The minimum atomic E-state index is -0.461. The van der Waals surface area contributed by atoms with Crippen LogP contribution in [0.15, 0.2) is 70.5 Å². The number of thiazole rings is 1. The fourth-order valence-electron chi connectivity index (χ4n) is 8.40. The standard InChI is InChI=1S/C36H30Cl2N2O7S2/c1-3-46-35(43)16-5-9-20(10-6-16)40-33(41)28-21-14-22(29(28)34(40)42)30-27(21)26(31-32(48-30)39-36(44)49-31)17-7-11-24(25(12-17)45-2)47-15-18-4-8-19(37)13-23(18)38/h4-13,21-22,26-30H,3,14-15H2,1-2H3,(H,39,44)/t21?,22?,26-,27?,28?,29?,30?/m1/s1. The van der Waals surface area contributed by atoms with Gasteiger partial charge in [0.25, 0.3) is 0 Å². The van der Waals surface area contributed by atoms with Gasteiger partial charge >= 0.3 is 10.8 Å². The molecule has 49 heavy (non-hydrogen) atoms. The molecule has 4 aliphatic rings. The molecule has 2 aliphatic carbocycles. The van der Waals surface area contributed by atoms with Gasteiger partial charge in [-0.1, -0.05) is 46.7 Å². The highest BCUT2D eigenvalue weighted by Gasteiger charge is 2.69. The van der Waals surface area contributed by atoms with Crippen molar-refractivity contribution in [1.82, 2.24) is 4.98 Å². The maximum atomic E-state index is 14.2. The van der Waals surface area contributed by atoms with Gasteiger partial charge in [-0.2, -0.15) is 0 Å². The van der Waals surface area contributed by atoms with E-state index in [1.807, 2.05) is 24.3 Å². The molecule has 3 heterocycles. The highest BCUT2D eigenvalue weighted by atomic mass is 35.5. The van der Waals surface area contributed by atoms with Gasteiger partial charge in [-0.15, -0.1) is 11.8 Å². The number of imide groups is 1. The first-order valence-electron chi connectivity index (χ1n) is 16.0. The Balaban J connectivity index is 1.11. The molecule has 6 unspecified atom stereocenters. The highest BCUT2D eigenvalue weighted by molar-refractivity contribution is 8.00. The van der Waals surface area contributed by atoms with Crippen molar-refractivity contribution in [2.45, 2.75) is 36.1 Å². The van der Waals surface area contributed by atoms with Crippen LogP contribution in [-0.4, -0.2) is 41.7 Å². The Labute approximate surface area is 299 Å². The number of ether oxygens (including phenoxy) is 3. The smallest absolute Gasteiger partial charge is 0.338 e. The number of hydrogen-bond donors (Lipinski definition) is 1. The van der Waals surface area contributed by atoms with Crippen molar-refractivity contribution in [3.8, 4) is 11.5 Å². The molecule has 3 aromatic carbocycles. The number of carbonyl (C=O) groups is 3. The van der Waals surface area contributed by atoms with Crippen LogP contribution >= 0.6 is 46.3 Å². The molecule has 2 saturated carbocycles. The number of nitrogens with one attached hydrogen (secondary N) is 1. The molecule has 9 nitrogen and oxygen atoms in total. The molecule has 0 radical (unpaired) electrons. The maximum Gasteiger partial charge on any atom is 0.338 e. The molecule has 4 aromatic rings. The van der Waals surface area contributed by atoms with Crippen molar-refractivity contribution in [2.24, 2.45) is 29.6 Å². The molecule has 1 N–H and O–H groups in total. The van der Waals surface area contributed by atoms with E-state index in [0.29, 0.717) is 32.8 Å². The Bertz CT molecular complexity index is 2060. The number of rotatable bonds is 8. The van der Waals surface area contributed by atoms with Crippen LogP contribution in [0.3, 0.4) is 0 Å². The zero-order chi connectivity index (χ0) is 34.1. The van der Waals surface area contributed by atoms with Gasteiger partial charge < -0.3 is 19.2 Å². The lowest BCUT2D eigenvalue weighted by Gasteiger charge is -2.43. The Morgan fingerprint density at radius 2 is 1.71 bits per heavy atom. The van der Waals surface area contributed by atoms with E-state index in [4.69, 9.17) is 37.4 Å². The Morgan fingerprint density at radius 3 is 2.43 bits per heavy atom. The van der Waals surface area contributed by atoms with Crippen LogP contribution in [0.2, 0.25) is 10.0 Å². The molecule has 2 aliphatic heterocycles. The molecule has 252 valence electrons. The number of aromatic nitrogens is 1. The van der Waals surface area contributed by atoms with Crippen LogP contribution in [0.25, 0.3) is 0 Å². The second-order valence-corrected chi connectivity index (χ2v) is 15.7. The first kappa shape index (κ1) is 32.4. The summed E-state index contributed by atoms with van der Waals surface area (Å²) in [6.07, 6.45) is 0.765. The number of carbonyl (C=O) groups excluding carboxylic acids is 3. The molecule has 1 aromatic heterocycles. The fourth-order valence-corrected chi connectivity index (χ4v) is 11.7. The number of esters is 1. The topological polar surface area (TPSA) is 115 Å². The first-order chi connectivity index (χ1) is 23.7. The molecule has 0 spiro atoms. The summed E-state index contributed by atoms with van der Waals surface area (Å²) in [6.45, 7) is 2.20. The average molecular weight is 738 g/mol. The minimum absolute atomic E-state index is 0.0161. The van der Waals surface area contributed by atoms with Gasteiger partial charge in [0.1, 0.15) is 6.61 Å². The number of thioether (sulfide) groups is 1. The lowest BCUT2D eigenvalue weighted by atomic mass is 9.68. The maximum absolute atomic E-state index is 14.2. The number of methoxy groups -OCH3 is 1. The first-order valence-corrected chi connectivity index (χ1v) is 18.4. The summed E-state index contributed by atoms with van der Waals surface area (Å²) in [5.41, 5.74) is 2.54. The molecule has 7 atom stereocenters. The van der Waals surface area contributed by atoms with E-state index in [-0.39, 0.29) is 58.8 Å². The minimum Gasteiger partial charge on any atom is -0.493 e. The number of hydrogen-bond acceptors (Lipinski definition) is 9. The summed E-state index contributed by atoms with van der Waals surface area (Å²) in [5, 5.41) is 1.90. The zero-order valence-corrected chi connectivity index (χ0v) is 29.5. The van der Waals surface area contributed by atoms with E-state index in [1.165, 1.54) is 16.2 Å². The van der Waals surface area contributed by atoms with Crippen LogP contribution in [0, 0.1) is 29.6 Å². The lowest BCUT2D eigenvalue weighted by Crippen LogP contribution is -2.42. The van der Waals surface area contributed by atoms with Crippen molar-refractivity contribution in [1.29, 1.82) is 0 Å². The van der Waals surface area contributed by atoms with E-state index in [1.54, 1.807) is 62.2 Å². The quantitative estimate of drug-likeness (QED) is 0.149. The second kappa shape index (κ2) is 12.5. The van der Waals surface area contributed by atoms with Crippen molar-refractivity contribution >= 4 is 69.8 Å². The molecule has 2 bridgehead atoms. The predicted octanol–water partition coefficient (Wildman–Crippen LogP) is 7.19. The number of anilines is 1. The number of aromatic amines is 1. The summed E-state index contributed by atoms with van der Waals surface area (Å²) in [6, 6.07) is 17.5. The van der Waals surface area contributed by atoms with Crippen LogP contribution < -0.4 is 19.2 Å². The number of halogens is 2. The molecular formula is C36H30Cl2N2O7S2. The SMILES string of the molecule is CCOC(=O)c1ccc(N2C(=O)C3C4CC(C3C2=O)C2C4Sc3[nH]c(=O)sc3[C@@H]2c2ccc(OCc3ccc(Cl)cc3Cl)c(OC)c2)cc1. The third-order valence-corrected chi connectivity index (χ3v) is 13.5. The van der Waals surface area contributed by atoms with Crippen LogP contribution in [-0.2, 0) is 20.9 Å². The molecule has 13 heteroatoms. The summed E-state index contributed by atoms with van der Waals surface area (Å²) in [5.74, 6) is -0.940. The van der Waals surface area contributed by atoms with E-state index in [2.05, 4.69) is 4.98 Å². The van der Waals surface area contributed by atoms with Crippen molar-refractivity contribution in [3.63, 3.8) is 0 Å². The Hall–Kier alpha value is -3.77. The molecule has 8 rings (SSSR count). The summed E-state index contributed by atoms with van der Waals surface area (Å²) >= 11 is 15.3. The van der Waals surface area contributed by atoms with Crippen LogP contribution in [0.5, 0.6) is 11.5 Å². The van der Waals surface area contributed by atoms with Gasteiger partial charge in [-0.25, -0.2) is 4.79 Å². The number of nitrogens with zero attached hydrogens (tertiary/aromatic N) is 1. The van der Waals surface area contributed by atoms with E-state index >= 15 is 0 Å².